The molecule has 45 heavy (non-hydrogen) atoms. The van der Waals surface area contributed by atoms with E-state index in [2.05, 4.69) is 16.0 Å². The van der Waals surface area contributed by atoms with Crippen LogP contribution in [0.25, 0.3) is 0 Å². The maximum absolute atomic E-state index is 13.4. The van der Waals surface area contributed by atoms with Crippen molar-refractivity contribution in [1.29, 1.82) is 0 Å². The van der Waals surface area contributed by atoms with E-state index in [0.29, 0.717) is 25.3 Å². The van der Waals surface area contributed by atoms with Gasteiger partial charge in [0, 0.05) is 31.6 Å². The van der Waals surface area contributed by atoms with Crippen LogP contribution in [0.4, 0.5) is 16.2 Å². The quantitative estimate of drug-likeness (QED) is 0.159. The first-order valence-electron chi connectivity index (χ1n) is 15.0. The first kappa shape index (κ1) is 34.8. The lowest BCUT2D eigenvalue weighted by molar-refractivity contribution is -0.155. The van der Waals surface area contributed by atoms with Gasteiger partial charge >= 0.3 is 12.0 Å². The molecule has 10 nitrogen and oxygen atoms in total. The van der Waals surface area contributed by atoms with Crippen LogP contribution in [0.2, 0.25) is 0 Å². The van der Waals surface area contributed by atoms with Crippen LogP contribution in [-0.2, 0) is 30.3 Å². The number of carbonyl (C=O) groups is 4. The topological polar surface area (TPSA) is 126 Å². The van der Waals surface area contributed by atoms with Crippen molar-refractivity contribution in [2.75, 3.05) is 37.4 Å². The van der Waals surface area contributed by atoms with Crippen LogP contribution in [0.5, 0.6) is 0 Å². The number of urea groups is 1. The number of hydrogen-bond donors (Lipinski definition) is 3. The second-order valence-corrected chi connectivity index (χ2v) is 11.8. The van der Waals surface area contributed by atoms with E-state index in [1.54, 1.807) is 52.1 Å². The van der Waals surface area contributed by atoms with Crippen LogP contribution < -0.4 is 16.0 Å². The van der Waals surface area contributed by atoms with Gasteiger partial charge in [0.2, 0.25) is 11.8 Å². The maximum Gasteiger partial charge on any atom is 0.323 e. The number of anilines is 2. The molecular formula is C35H44N4O6. The van der Waals surface area contributed by atoms with Crippen LogP contribution in [-0.4, -0.2) is 61.1 Å². The Morgan fingerprint density at radius 1 is 0.867 bits per heavy atom. The summed E-state index contributed by atoms with van der Waals surface area (Å²) in [5.74, 6) is -1.06. The largest absolute Gasteiger partial charge is 0.460 e. The molecule has 0 spiro atoms. The van der Waals surface area contributed by atoms with E-state index in [-0.39, 0.29) is 31.3 Å². The van der Waals surface area contributed by atoms with E-state index in [9.17, 15) is 19.2 Å². The standard InChI is InChI=1S/C35H44N4O6/c1-25-12-9-10-15-29(25)38-34(43)36-28-18-16-26(17-19-28)22-32(41)39(20-11-21-44-5)24-31(40)37-30(27-13-7-6-8-14-27)23-33(42)45-35(2,3)4/h6-10,12-19,30H,11,20-24H2,1-5H3,(H,37,40)(H2,36,38,43). The van der Waals surface area contributed by atoms with Crippen LogP contribution in [0.3, 0.4) is 0 Å². The Balaban J connectivity index is 1.63. The van der Waals surface area contributed by atoms with E-state index in [0.717, 1.165) is 22.4 Å². The molecule has 4 amide bonds. The van der Waals surface area contributed by atoms with Gasteiger partial charge in [0.05, 0.1) is 25.4 Å². The van der Waals surface area contributed by atoms with Gasteiger partial charge in [-0.2, -0.15) is 0 Å². The molecule has 3 aromatic carbocycles. The molecule has 0 saturated carbocycles. The SMILES string of the molecule is COCCCN(CC(=O)NC(CC(=O)OC(C)(C)C)c1ccccc1)C(=O)Cc1ccc(NC(=O)Nc2ccccc2C)cc1. The van der Waals surface area contributed by atoms with E-state index >= 15 is 0 Å². The van der Waals surface area contributed by atoms with Gasteiger partial charge < -0.3 is 30.3 Å². The number of benzene rings is 3. The van der Waals surface area contributed by atoms with Crippen molar-refractivity contribution in [2.24, 2.45) is 0 Å². The number of hydrogen-bond acceptors (Lipinski definition) is 6. The average Bonchev–Trinajstić information content (AvgIpc) is 2.98. The van der Waals surface area contributed by atoms with E-state index in [1.165, 1.54) is 4.90 Å². The van der Waals surface area contributed by atoms with E-state index in [1.807, 2.05) is 61.5 Å². The summed E-state index contributed by atoms with van der Waals surface area (Å²) in [4.78, 5) is 53.2. The fraction of sp³-hybridized carbons (Fsp3) is 0.371. The van der Waals surface area contributed by atoms with Gasteiger partial charge in [0.25, 0.3) is 0 Å². The highest BCUT2D eigenvalue weighted by Crippen LogP contribution is 2.20. The molecule has 0 aliphatic carbocycles. The number of methoxy groups -OCH3 is 1. The minimum atomic E-state index is -0.658. The summed E-state index contributed by atoms with van der Waals surface area (Å²) in [5, 5.41) is 8.54. The molecule has 1 atom stereocenters. The van der Waals surface area contributed by atoms with Gasteiger partial charge in [0.1, 0.15) is 5.60 Å². The fourth-order valence-electron chi connectivity index (χ4n) is 4.58. The van der Waals surface area contributed by atoms with Gasteiger partial charge in [0.15, 0.2) is 0 Å². The lowest BCUT2D eigenvalue weighted by atomic mass is 10.0. The van der Waals surface area contributed by atoms with E-state index < -0.39 is 23.5 Å². The van der Waals surface area contributed by atoms with Crippen molar-refractivity contribution in [3.05, 3.63) is 95.6 Å². The summed E-state index contributed by atoms with van der Waals surface area (Å²) in [5.41, 5.74) is 3.07. The first-order valence-corrected chi connectivity index (χ1v) is 15.0. The van der Waals surface area contributed by atoms with Crippen molar-refractivity contribution >= 4 is 35.2 Å². The molecule has 0 heterocycles. The zero-order chi connectivity index (χ0) is 32.8. The number of amides is 4. The van der Waals surface area contributed by atoms with Crippen molar-refractivity contribution in [1.82, 2.24) is 10.2 Å². The highest BCUT2D eigenvalue weighted by Gasteiger charge is 2.25. The number of rotatable bonds is 14. The van der Waals surface area contributed by atoms with Gasteiger partial charge in [-0.25, -0.2) is 4.79 Å². The molecule has 0 saturated heterocycles. The minimum absolute atomic E-state index is 0.0476. The Morgan fingerprint density at radius 2 is 1.53 bits per heavy atom. The second-order valence-electron chi connectivity index (χ2n) is 11.8. The monoisotopic (exact) mass is 616 g/mol. The van der Waals surface area contributed by atoms with Crippen LogP contribution in [0.15, 0.2) is 78.9 Å². The molecule has 0 fully saturated rings. The Bertz CT molecular complexity index is 1420. The number of esters is 1. The summed E-state index contributed by atoms with van der Waals surface area (Å²) in [6, 6.07) is 22.7. The molecular weight excluding hydrogens is 572 g/mol. The molecule has 10 heteroatoms. The molecule has 0 aliphatic rings. The molecule has 1 unspecified atom stereocenters. The molecule has 0 aromatic heterocycles. The second kappa shape index (κ2) is 17.0. The minimum Gasteiger partial charge on any atom is -0.460 e. The third-order valence-electron chi connectivity index (χ3n) is 6.75. The molecule has 3 N–H and O–H groups in total. The average molecular weight is 617 g/mol. The molecule has 0 bridgehead atoms. The maximum atomic E-state index is 13.4. The normalized spacial score (nSPS) is 11.7. The molecule has 240 valence electrons. The Morgan fingerprint density at radius 3 is 2.18 bits per heavy atom. The number of ether oxygens (including phenoxy) is 2. The van der Waals surface area contributed by atoms with Gasteiger partial charge in [-0.15, -0.1) is 0 Å². The highest BCUT2D eigenvalue weighted by atomic mass is 16.6. The van der Waals surface area contributed by atoms with E-state index in [4.69, 9.17) is 9.47 Å². The van der Waals surface area contributed by atoms with Crippen molar-refractivity contribution in [3.63, 3.8) is 0 Å². The summed E-state index contributed by atoms with van der Waals surface area (Å²) < 4.78 is 10.6. The Kier molecular flexibility index (Phi) is 13.1. The number of nitrogens with one attached hydrogen (secondary N) is 3. The van der Waals surface area contributed by atoms with Gasteiger partial charge in [-0.05, 0) is 69.0 Å². The summed E-state index contributed by atoms with van der Waals surface area (Å²) in [7, 11) is 1.58. The number of para-hydroxylation sites is 1. The van der Waals surface area contributed by atoms with Crippen LogP contribution in [0.1, 0.15) is 56.3 Å². The number of aryl methyl sites for hydroxylation is 1. The predicted molar refractivity (Wildman–Crippen MR) is 175 cm³/mol. The summed E-state index contributed by atoms with van der Waals surface area (Å²) >= 11 is 0. The molecule has 3 rings (SSSR count). The Hall–Kier alpha value is -4.70. The van der Waals surface area contributed by atoms with Gasteiger partial charge in [-0.3, -0.25) is 14.4 Å². The predicted octanol–water partition coefficient (Wildman–Crippen LogP) is 5.64. The zero-order valence-corrected chi connectivity index (χ0v) is 26.7. The third-order valence-corrected chi connectivity index (χ3v) is 6.75. The smallest absolute Gasteiger partial charge is 0.323 e. The molecule has 3 aromatic rings. The third kappa shape index (κ3) is 12.4. The molecule has 0 radical (unpaired) electrons. The lowest BCUT2D eigenvalue weighted by Crippen LogP contribution is -2.43. The van der Waals surface area contributed by atoms with Crippen molar-refractivity contribution in [3.8, 4) is 0 Å². The van der Waals surface area contributed by atoms with Crippen LogP contribution >= 0.6 is 0 Å². The number of nitrogens with zero attached hydrogens (tertiary/aromatic N) is 1. The first-order chi connectivity index (χ1) is 21.4. The summed E-state index contributed by atoms with van der Waals surface area (Å²) in [6.45, 7) is 7.85. The van der Waals surface area contributed by atoms with Crippen molar-refractivity contribution in [2.45, 2.75) is 58.6 Å². The van der Waals surface area contributed by atoms with Crippen LogP contribution in [0, 0.1) is 6.92 Å². The van der Waals surface area contributed by atoms with Gasteiger partial charge in [-0.1, -0.05) is 60.7 Å². The fourth-order valence-corrected chi connectivity index (χ4v) is 4.58. The zero-order valence-electron chi connectivity index (χ0n) is 26.7. The molecule has 0 aliphatic heterocycles. The van der Waals surface area contributed by atoms with Crippen molar-refractivity contribution < 1.29 is 28.7 Å². The summed E-state index contributed by atoms with van der Waals surface area (Å²) in [6.07, 6.45) is 0.568. The lowest BCUT2D eigenvalue weighted by Gasteiger charge is -2.26. The highest BCUT2D eigenvalue weighted by molar-refractivity contribution is 6.00. The number of carbonyl (C=O) groups excluding carboxylic acids is 4. The Labute approximate surface area is 265 Å².